The van der Waals surface area contributed by atoms with E-state index in [9.17, 15) is 9.90 Å². The molecule has 0 N–H and O–H groups in total. The van der Waals surface area contributed by atoms with E-state index in [1.54, 1.807) is 6.07 Å². The minimum atomic E-state index is -1.31. The van der Waals surface area contributed by atoms with E-state index in [4.69, 9.17) is 5.26 Å². The van der Waals surface area contributed by atoms with Gasteiger partial charge >= 0.3 is 5.97 Å². The standard InChI is InChI=1S/C4H4NO3/c5-1-2-8-3-4(6)7/h2-3H2. The molecule has 0 rings (SSSR count). The molecular weight excluding hydrogens is 110 g/mol. The summed E-state index contributed by atoms with van der Waals surface area (Å²) in [4.78, 5) is 9.53. The molecule has 8 heavy (non-hydrogen) atoms. The minimum absolute atomic E-state index is 0.200. The van der Waals surface area contributed by atoms with E-state index in [0.29, 0.717) is 0 Å². The third-order valence-corrected chi connectivity index (χ3v) is 0.387. The molecule has 0 aromatic rings. The molecule has 0 bridgehead atoms. The smallest absolute Gasteiger partial charge is 0.355 e. The predicted octanol–water partition coefficient (Wildman–Crippen LogP) is -0.516. The second kappa shape index (κ2) is 4.09. The first kappa shape index (κ1) is 6.92. The summed E-state index contributed by atoms with van der Waals surface area (Å²) in [5.74, 6) is -1.31. The van der Waals surface area contributed by atoms with Crippen LogP contribution in [0.5, 0.6) is 0 Å². The van der Waals surface area contributed by atoms with Gasteiger partial charge in [-0.05, 0) is 0 Å². The summed E-state index contributed by atoms with van der Waals surface area (Å²) in [6.07, 6.45) is 0. The number of carbonyl (C=O) groups excluding carboxylic acids is 1. The molecule has 0 saturated carbocycles. The summed E-state index contributed by atoms with van der Waals surface area (Å²) in [5.41, 5.74) is 0. The molecule has 0 spiro atoms. The van der Waals surface area contributed by atoms with Crippen molar-refractivity contribution in [3.63, 3.8) is 0 Å². The maximum Gasteiger partial charge on any atom is 0.380 e. The third kappa shape index (κ3) is 4.92. The van der Waals surface area contributed by atoms with Crippen molar-refractivity contribution in [3.05, 3.63) is 0 Å². The Labute approximate surface area is 46.3 Å². The molecular formula is C4H4NO3. The molecule has 0 aliphatic heterocycles. The van der Waals surface area contributed by atoms with Gasteiger partial charge in [-0.3, -0.25) is 0 Å². The monoisotopic (exact) mass is 114 g/mol. The van der Waals surface area contributed by atoms with Crippen molar-refractivity contribution in [1.29, 1.82) is 5.26 Å². The van der Waals surface area contributed by atoms with Crippen LogP contribution in [0.2, 0.25) is 0 Å². The Balaban J connectivity index is 2.97. The van der Waals surface area contributed by atoms with Crippen molar-refractivity contribution in [2.24, 2.45) is 0 Å². The van der Waals surface area contributed by atoms with Gasteiger partial charge in [0.15, 0.2) is 6.61 Å². The highest BCUT2D eigenvalue weighted by atomic mass is 16.5. The molecule has 0 fully saturated rings. The van der Waals surface area contributed by atoms with E-state index >= 15 is 0 Å². The van der Waals surface area contributed by atoms with E-state index in [1.807, 2.05) is 0 Å². The Hall–Kier alpha value is -1.08. The number of hydrogen-bond donors (Lipinski definition) is 0. The second-order valence-corrected chi connectivity index (χ2v) is 1.02. The zero-order valence-electron chi connectivity index (χ0n) is 4.09. The van der Waals surface area contributed by atoms with Crippen LogP contribution in [0.15, 0.2) is 0 Å². The van der Waals surface area contributed by atoms with Crippen molar-refractivity contribution in [3.8, 4) is 6.07 Å². The van der Waals surface area contributed by atoms with Crippen LogP contribution < -0.4 is 0 Å². The lowest BCUT2D eigenvalue weighted by atomic mass is 10.7. The van der Waals surface area contributed by atoms with Gasteiger partial charge in [0.25, 0.3) is 0 Å². The average molecular weight is 114 g/mol. The van der Waals surface area contributed by atoms with Crippen LogP contribution in [0.4, 0.5) is 0 Å². The number of carbonyl (C=O) groups is 1. The van der Waals surface area contributed by atoms with Gasteiger partial charge in [0.1, 0.15) is 6.61 Å². The van der Waals surface area contributed by atoms with Gasteiger partial charge < -0.3 is 4.74 Å². The number of nitriles is 1. The van der Waals surface area contributed by atoms with Gasteiger partial charge in [-0.1, -0.05) is 0 Å². The zero-order valence-corrected chi connectivity index (χ0v) is 4.09. The van der Waals surface area contributed by atoms with Crippen LogP contribution in [-0.2, 0) is 14.6 Å². The number of rotatable bonds is 3. The maximum atomic E-state index is 9.53. The lowest BCUT2D eigenvalue weighted by Crippen LogP contribution is -2.04. The number of hydrogen-bond acceptors (Lipinski definition) is 3. The fourth-order valence-electron chi connectivity index (χ4n) is 0.180. The van der Waals surface area contributed by atoms with E-state index in [2.05, 4.69) is 4.74 Å². The summed E-state index contributed by atoms with van der Waals surface area (Å²) >= 11 is 0. The lowest BCUT2D eigenvalue weighted by molar-refractivity contribution is -0.147. The first-order valence-corrected chi connectivity index (χ1v) is 1.92. The molecule has 0 heterocycles. The maximum absolute atomic E-state index is 9.53. The van der Waals surface area contributed by atoms with Gasteiger partial charge in [0, 0.05) is 0 Å². The second-order valence-electron chi connectivity index (χ2n) is 1.02. The molecule has 4 nitrogen and oxygen atoms in total. The molecule has 0 unspecified atom stereocenters. The fourth-order valence-corrected chi connectivity index (χ4v) is 0.180. The largest absolute Gasteiger partial charge is 0.380 e. The van der Waals surface area contributed by atoms with Gasteiger partial charge in [0.2, 0.25) is 0 Å². The fraction of sp³-hybridized carbons (Fsp3) is 0.500. The van der Waals surface area contributed by atoms with Crippen molar-refractivity contribution in [2.75, 3.05) is 13.2 Å². The highest BCUT2D eigenvalue weighted by Gasteiger charge is 1.95. The van der Waals surface area contributed by atoms with E-state index in [1.165, 1.54) is 0 Å². The minimum Gasteiger partial charge on any atom is -0.355 e. The van der Waals surface area contributed by atoms with Crippen LogP contribution in [0.3, 0.4) is 0 Å². The molecule has 0 aromatic heterocycles. The summed E-state index contributed by atoms with van der Waals surface area (Å²) < 4.78 is 4.22. The molecule has 1 radical (unpaired) electrons. The Morgan fingerprint density at radius 1 is 1.75 bits per heavy atom. The number of ether oxygens (including phenoxy) is 1. The summed E-state index contributed by atoms with van der Waals surface area (Å²) in [6, 6.07) is 1.61. The molecule has 0 aromatic carbocycles. The Morgan fingerprint density at radius 2 is 2.38 bits per heavy atom. The summed E-state index contributed by atoms with van der Waals surface area (Å²) in [6.45, 7) is -0.707. The molecule has 43 valence electrons. The normalized spacial score (nSPS) is 7.88. The van der Waals surface area contributed by atoms with E-state index in [0.717, 1.165) is 0 Å². The lowest BCUT2D eigenvalue weighted by Gasteiger charge is -1.86. The highest BCUT2D eigenvalue weighted by Crippen LogP contribution is 1.70. The molecule has 0 amide bonds. The zero-order chi connectivity index (χ0) is 6.41. The van der Waals surface area contributed by atoms with Crippen LogP contribution >= 0.6 is 0 Å². The van der Waals surface area contributed by atoms with Crippen LogP contribution in [-0.4, -0.2) is 19.2 Å². The van der Waals surface area contributed by atoms with Crippen molar-refractivity contribution in [1.82, 2.24) is 0 Å². The van der Waals surface area contributed by atoms with Crippen LogP contribution in [0, 0.1) is 11.3 Å². The first-order chi connectivity index (χ1) is 3.77. The van der Waals surface area contributed by atoms with Crippen molar-refractivity contribution < 1.29 is 14.6 Å². The Morgan fingerprint density at radius 3 is 2.75 bits per heavy atom. The summed E-state index contributed by atoms with van der Waals surface area (Å²) in [5, 5.41) is 17.3. The van der Waals surface area contributed by atoms with Crippen molar-refractivity contribution in [2.45, 2.75) is 0 Å². The van der Waals surface area contributed by atoms with Gasteiger partial charge in [-0.15, -0.1) is 0 Å². The molecule has 0 atom stereocenters. The Kier molecular flexibility index (Phi) is 3.54. The quantitative estimate of drug-likeness (QED) is 0.463. The van der Waals surface area contributed by atoms with E-state index < -0.39 is 12.6 Å². The molecule has 0 aliphatic rings. The average Bonchev–Trinajstić information content (AvgIpc) is 1.66. The highest BCUT2D eigenvalue weighted by molar-refractivity contribution is 5.67. The van der Waals surface area contributed by atoms with Crippen molar-refractivity contribution >= 4 is 5.97 Å². The predicted molar refractivity (Wildman–Crippen MR) is 22.1 cm³/mol. The van der Waals surface area contributed by atoms with Gasteiger partial charge in [0.05, 0.1) is 6.07 Å². The SMILES string of the molecule is N#CCOCC([O])=O. The van der Waals surface area contributed by atoms with E-state index in [-0.39, 0.29) is 6.61 Å². The van der Waals surface area contributed by atoms with Gasteiger partial charge in [-0.2, -0.15) is 5.26 Å². The number of nitrogens with zero attached hydrogens (tertiary/aromatic N) is 1. The first-order valence-electron chi connectivity index (χ1n) is 1.92. The Bertz CT molecular complexity index is 115. The third-order valence-electron chi connectivity index (χ3n) is 0.387. The molecule has 0 saturated heterocycles. The summed E-state index contributed by atoms with van der Waals surface area (Å²) in [7, 11) is 0. The van der Waals surface area contributed by atoms with Gasteiger partial charge in [-0.25, -0.2) is 9.90 Å². The van der Waals surface area contributed by atoms with Crippen LogP contribution in [0.25, 0.3) is 0 Å². The molecule has 0 aliphatic carbocycles. The van der Waals surface area contributed by atoms with Crippen LogP contribution in [0.1, 0.15) is 0 Å². The molecule has 4 heteroatoms. The topological polar surface area (TPSA) is 70.0 Å².